The van der Waals surface area contributed by atoms with Crippen LogP contribution in [-0.4, -0.2) is 42.7 Å². The van der Waals surface area contributed by atoms with Crippen molar-refractivity contribution < 1.29 is 4.74 Å². The maximum absolute atomic E-state index is 5.52. The van der Waals surface area contributed by atoms with Gasteiger partial charge in [-0.3, -0.25) is 0 Å². The lowest BCUT2D eigenvalue weighted by atomic mass is 10.0. The molecule has 0 radical (unpaired) electrons. The molecule has 0 spiro atoms. The summed E-state index contributed by atoms with van der Waals surface area (Å²) in [6, 6.07) is 3.81. The first-order valence-corrected chi connectivity index (χ1v) is 5.96. The van der Waals surface area contributed by atoms with Crippen molar-refractivity contribution in [2.45, 2.75) is 26.3 Å². The summed E-state index contributed by atoms with van der Waals surface area (Å²) >= 11 is 0. The Morgan fingerprint density at radius 3 is 2.71 bits per heavy atom. The van der Waals surface area contributed by atoms with Gasteiger partial charge in [0.2, 0.25) is 0 Å². The molecule has 17 heavy (non-hydrogen) atoms. The summed E-state index contributed by atoms with van der Waals surface area (Å²) in [5.41, 5.74) is 0.0704. The minimum absolute atomic E-state index is 0.0704. The van der Waals surface area contributed by atoms with Crippen LogP contribution in [0.25, 0.3) is 0 Å². The Bertz CT molecular complexity index is 350. The van der Waals surface area contributed by atoms with Crippen LogP contribution in [0.3, 0.4) is 0 Å². The summed E-state index contributed by atoms with van der Waals surface area (Å²) < 4.78 is 5.52. The molecular weight excluding hydrogens is 214 g/mol. The number of rotatable bonds is 6. The van der Waals surface area contributed by atoms with Gasteiger partial charge in [-0.05, 0) is 47.0 Å². The summed E-state index contributed by atoms with van der Waals surface area (Å²) in [4.78, 5) is 6.49. The lowest BCUT2D eigenvalue weighted by Crippen LogP contribution is -2.44. The quantitative estimate of drug-likeness (QED) is 0.823. The highest BCUT2D eigenvalue weighted by atomic mass is 16.5. The van der Waals surface area contributed by atoms with E-state index in [9.17, 15) is 0 Å². The predicted molar refractivity (Wildman–Crippen MR) is 71.7 cm³/mol. The number of ether oxygens (including phenoxy) is 1. The minimum Gasteiger partial charge on any atom is -0.490 e. The van der Waals surface area contributed by atoms with Crippen LogP contribution in [0.15, 0.2) is 18.3 Å². The molecule has 1 N–H and O–H groups in total. The van der Waals surface area contributed by atoms with Gasteiger partial charge in [0, 0.05) is 18.3 Å². The molecule has 4 heteroatoms. The first-order valence-electron chi connectivity index (χ1n) is 5.96. The molecular formula is C13H23N3O. The Morgan fingerprint density at radius 1 is 1.41 bits per heavy atom. The normalized spacial score (nSPS) is 11.6. The van der Waals surface area contributed by atoms with Crippen LogP contribution in [0.4, 0.5) is 5.82 Å². The Labute approximate surface area is 104 Å². The lowest BCUT2D eigenvalue weighted by Gasteiger charge is -2.33. The van der Waals surface area contributed by atoms with Crippen molar-refractivity contribution >= 4 is 5.82 Å². The maximum atomic E-state index is 5.52. The molecule has 0 saturated heterocycles. The summed E-state index contributed by atoms with van der Waals surface area (Å²) in [5.74, 6) is 1.62. The van der Waals surface area contributed by atoms with Crippen LogP contribution >= 0.6 is 0 Å². The molecule has 0 aliphatic carbocycles. The van der Waals surface area contributed by atoms with E-state index in [2.05, 4.69) is 43.1 Å². The standard InChI is InChI=1S/C13H23N3O/c1-6-17-11-8-7-9-14-12(11)15-10-13(2,3)16(4)5/h7-9H,6,10H2,1-5H3,(H,14,15). The van der Waals surface area contributed by atoms with Crippen molar-refractivity contribution in [2.24, 2.45) is 0 Å². The highest BCUT2D eigenvalue weighted by molar-refractivity contribution is 5.49. The second kappa shape index (κ2) is 5.87. The summed E-state index contributed by atoms with van der Waals surface area (Å²) in [6.45, 7) is 7.81. The van der Waals surface area contributed by atoms with E-state index in [0.717, 1.165) is 18.1 Å². The Kier molecular flexibility index (Phi) is 4.75. The molecule has 1 aromatic rings. The fraction of sp³-hybridized carbons (Fsp3) is 0.615. The summed E-state index contributed by atoms with van der Waals surface area (Å²) in [5, 5.41) is 3.34. The molecule has 4 nitrogen and oxygen atoms in total. The highest BCUT2D eigenvalue weighted by Crippen LogP contribution is 2.22. The molecule has 0 amide bonds. The van der Waals surface area contributed by atoms with Crippen LogP contribution in [0, 0.1) is 0 Å². The molecule has 0 bridgehead atoms. The average molecular weight is 237 g/mol. The Balaban J connectivity index is 2.69. The van der Waals surface area contributed by atoms with Crippen LogP contribution in [0.2, 0.25) is 0 Å². The third-order valence-electron chi connectivity index (χ3n) is 2.97. The average Bonchev–Trinajstić information content (AvgIpc) is 2.28. The van der Waals surface area contributed by atoms with E-state index in [0.29, 0.717) is 6.61 Å². The minimum atomic E-state index is 0.0704. The molecule has 0 aliphatic rings. The zero-order valence-electron chi connectivity index (χ0n) is 11.4. The topological polar surface area (TPSA) is 37.4 Å². The van der Waals surface area contributed by atoms with Crippen molar-refractivity contribution in [1.29, 1.82) is 0 Å². The Hall–Kier alpha value is -1.29. The fourth-order valence-electron chi connectivity index (χ4n) is 1.25. The number of anilines is 1. The second-order valence-corrected chi connectivity index (χ2v) is 4.84. The zero-order chi connectivity index (χ0) is 12.9. The first-order chi connectivity index (χ1) is 7.97. The van der Waals surface area contributed by atoms with E-state index in [1.54, 1.807) is 6.20 Å². The third-order valence-corrected chi connectivity index (χ3v) is 2.97. The van der Waals surface area contributed by atoms with E-state index in [4.69, 9.17) is 4.74 Å². The summed E-state index contributed by atoms with van der Waals surface area (Å²) in [7, 11) is 4.15. The maximum Gasteiger partial charge on any atom is 0.168 e. The van der Waals surface area contributed by atoms with Gasteiger partial charge in [-0.1, -0.05) is 0 Å². The van der Waals surface area contributed by atoms with Crippen LogP contribution in [-0.2, 0) is 0 Å². The number of hydrogen-bond acceptors (Lipinski definition) is 4. The SMILES string of the molecule is CCOc1cccnc1NCC(C)(C)N(C)C. The van der Waals surface area contributed by atoms with E-state index in [1.807, 2.05) is 19.1 Å². The number of hydrogen-bond donors (Lipinski definition) is 1. The van der Waals surface area contributed by atoms with Gasteiger partial charge >= 0.3 is 0 Å². The van der Waals surface area contributed by atoms with Gasteiger partial charge < -0.3 is 15.0 Å². The van der Waals surface area contributed by atoms with Gasteiger partial charge in [-0.25, -0.2) is 4.98 Å². The molecule has 1 aromatic heterocycles. The molecule has 96 valence electrons. The van der Waals surface area contributed by atoms with E-state index in [1.165, 1.54) is 0 Å². The molecule has 0 unspecified atom stereocenters. The van der Waals surface area contributed by atoms with Crippen molar-refractivity contribution in [3.63, 3.8) is 0 Å². The number of nitrogens with one attached hydrogen (secondary N) is 1. The lowest BCUT2D eigenvalue weighted by molar-refractivity contribution is 0.209. The summed E-state index contributed by atoms with van der Waals surface area (Å²) in [6.07, 6.45) is 1.77. The van der Waals surface area contributed by atoms with Crippen molar-refractivity contribution in [1.82, 2.24) is 9.88 Å². The highest BCUT2D eigenvalue weighted by Gasteiger charge is 2.20. The van der Waals surface area contributed by atoms with Crippen LogP contribution < -0.4 is 10.1 Å². The first kappa shape index (κ1) is 13.8. The van der Waals surface area contributed by atoms with Crippen LogP contribution in [0.5, 0.6) is 5.75 Å². The molecule has 0 aromatic carbocycles. The fourth-order valence-corrected chi connectivity index (χ4v) is 1.25. The molecule has 0 saturated carbocycles. The number of pyridine rings is 1. The van der Waals surface area contributed by atoms with Gasteiger partial charge in [0.15, 0.2) is 11.6 Å². The Morgan fingerprint density at radius 2 is 2.12 bits per heavy atom. The molecule has 1 heterocycles. The second-order valence-electron chi connectivity index (χ2n) is 4.84. The van der Waals surface area contributed by atoms with Crippen molar-refractivity contribution in [3.8, 4) is 5.75 Å². The molecule has 0 fully saturated rings. The molecule has 0 aliphatic heterocycles. The van der Waals surface area contributed by atoms with Gasteiger partial charge in [0.25, 0.3) is 0 Å². The van der Waals surface area contributed by atoms with Crippen molar-refractivity contribution in [3.05, 3.63) is 18.3 Å². The van der Waals surface area contributed by atoms with Gasteiger partial charge in [0.05, 0.1) is 6.61 Å². The number of likely N-dealkylation sites (N-methyl/N-ethyl adjacent to an activating group) is 1. The molecule has 0 atom stereocenters. The van der Waals surface area contributed by atoms with Gasteiger partial charge in [-0.2, -0.15) is 0 Å². The van der Waals surface area contributed by atoms with E-state index in [-0.39, 0.29) is 5.54 Å². The van der Waals surface area contributed by atoms with Crippen LogP contribution in [0.1, 0.15) is 20.8 Å². The monoisotopic (exact) mass is 237 g/mol. The predicted octanol–water partition coefficient (Wildman–Crippen LogP) is 2.23. The smallest absolute Gasteiger partial charge is 0.168 e. The third kappa shape index (κ3) is 3.89. The van der Waals surface area contributed by atoms with Crippen molar-refractivity contribution in [2.75, 3.05) is 32.6 Å². The van der Waals surface area contributed by atoms with E-state index < -0.39 is 0 Å². The van der Waals surface area contributed by atoms with E-state index >= 15 is 0 Å². The van der Waals surface area contributed by atoms with Gasteiger partial charge in [-0.15, -0.1) is 0 Å². The zero-order valence-corrected chi connectivity index (χ0v) is 11.4. The molecule has 1 rings (SSSR count). The number of aromatic nitrogens is 1. The van der Waals surface area contributed by atoms with Gasteiger partial charge in [0.1, 0.15) is 0 Å². The largest absolute Gasteiger partial charge is 0.490 e. The number of nitrogens with zero attached hydrogens (tertiary/aromatic N) is 2.